The number of benzene rings is 1. The molecule has 1 aromatic carbocycles. The van der Waals surface area contributed by atoms with E-state index >= 15 is 0 Å². The van der Waals surface area contributed by atoms with Gasteiger partial charge in [0.05, 0.1) is 7.11 Å². The van der Waals surface area contributed by atoms with Crippen LogP contribution in [0.3, 0.4) is 0 Å². The first-order valence-electron chi connectivity index (χ1n) is 5.64. The second-order valence-corrected chi connectivity index (χ2v) is 3.79. The van der Waals surface area contributed by atoms with Crippen LogP contribution in [0.15, 0.2) is 24.3 Å². The predicted octanol–water partition coefficient (Wildman–Crippen LogP) is 2.72. The van der Waals surface area contributed by atoms with Gasteiger partial charge in [-0.25, -0.2) is 4.79 Å². The minimum atomic E-state index is -1.16. The molecule has 0 radical (unpaired) electrons. The molecule has 0 aliphatic heterocycles. The third-order valence-corrected chi connectivity index (χ3v) is 2.89. The molecule has 0 spiro atoms. The molecule has 0 fully saturated rings. The Balaban J connectivity index is 2.97. The summed E-state index contributed by atoms with van der Waals surface area (Å²) in [7, 11) is 1.56. The van der Waals surface area contributed by atoms with Crippen LogP contribution in [0.1, 0.15) is 26.7 Å². The van der Waals surface area contributed by atoms with E-state index in [9.17, 15) is 9.90 Å². The van der Waals surface area contributed by atoms with Crippen molar-refractivity contribution >= 4 is 5.97 Å². The minimum Gasteiger partial charge on any atom is -0.497 e. The lowest BCUT2D eigenvalue weighted by Gasteiger charge is -2.28. The van der Waals surface area contributed by atoms with Crippen molar-refractivity contribution in [2.75, 3.05) is 7.11 Å². The van der Waals surface area contributed by atoms with Crippen LogP contribution in [0.5, 0.6) is 11.5 Å². The predicted molar refractivity (Wildman–Crippen MR) is 64.6 cm³/mol. The van der Waals surface area contributed by atoms with Gasteiger partial charge < -0.3 is 14.6 Å². The quantitative estimate of drug-likeness (QED) is 0.827. The van der Waals surface area contributed by atoms with Crippen LogP contribution in [0.2, 0.25) is 0 Å². The molecule has 0 aliphatic carbocycles. The number of aliphatic carboxylic acids is 1. The van der Waals surface area contributed by atoms with E-state index in [0.29, 0.717) is 24.3 Å². The average molecular weight is 238 g/mol. The van der Waals surface area contributed by atoms with Crippen molar-refractivity contribution < 1.29 is 19.4 Å². The van der Waals surface area contributed by atoms with Crippen molar-refractivity contribution in [2.45, 2.75) is 32.3 Å². The topological polar surface area (TPSA) is 55.8 Å². The Morgan fingerprint density at radius 3 is 2.35 bits per heavy atom. The zero-order chi connectivity index (χ0) is 12.9. The molecule has 0 heterocycles. The molecule has 1 aromatic rings. The first-order valence-corrected chi connectivity index (χ1v) is 5.64. The maximum absolute atomic E-state index is 11.3. The van der Waals surface area contributed by atoms with Crippen molar-refractivity contribution in [1.82, 2.24) is 0 Å². The molecule has 0 saturated heterocycles. The van der Waals surface area contributed by atoms with Gasteiger partial charge in [-0.3, -0.25) is 0 Å². The van der Waals surface area contributed by atoms with E-state index in [1.807, 2.05) is 0 Å². The minimum absolute atomic E-state index is 0.413. The van der Waals surface area contributed by atoms with E-state index in [1.54, 1.807) is 45.2 Å². The van der Waals surface area contributed by atoms with Crippen LogP contribution in [0.25, 0.3) is 0 Å². The normalized spacial score (nSPS) is 11.0. The van der Waals surface area contributed by atoms with E-state index < -0.39 is 11.6 Å². The highest BCUT2D eigenvalue weighted by Crippen LogP contribution is 2.27. The van der Waals surface area contributed by atoms with E-state index in [4.69, 9.17) is 9.47 Å². The molecule has 94 valence electrons. The summed E-state index contributed by atoms with van der Waals surface area (Å²) in [4.78, 5) is 11.3. The van der Waals surface area contributed by atoms with Crippen LogP contribution < -0.4 is 9.47 Å². The summed E-state index contributed by atoms with van der Waals surface area (Å²) in [6.45, 7) is 3.61. The molecular weight excluding hydrogens is 220 g/mol. The third kappa shape index (κ3) is 2.90. The van der Waals surface area contributed by atoms with Gasteiger partial charge in [-0.15, -0.1) is 0 Å². The number of methoxy groups -OCH3 is 1. The lowest BCUT2D eigenvalue weighted by molar-refractivity contribution is -0.156. The summed E-state index contributed by atoms with van der Waals surface area (Å²) in [5, 5.41) is 9.26. The van der Waals surface area contributed by atoms with Gasteiger partial charge in [0.15, 0.2) is 0 Å². The molecule has 0 aliphatic rings. The molecule has 1 N–H and O–H groups in total. The molecule has 4 nitrogen and oxygen atoms in total. The van der Waals surface area contributed by atoms with Crippen molar-refractivity contribution in [3.05, 3.63) is 24.3 Å². The van der Waals surface area contributed by atoms with Crippen molar-refractivity contribution in [2.24, 2.45) is 0 Å². The highest BCUT2D eigenvalue weighted by molar-refractivity contribution is 5.77. The second kappa shape index (κ2) is 5.57. The molecule has 0 aromatic heterocycles. The van der Waals surface area contributed by atoms with Crippen LogP contribution in [0.4, 0.5) is 0 Å². The summed E-state index contributed by atoms with van der Waals surface area (Å²) in [6, 6.07) is 6.97. The fourth-order valence-corrected chi connectivity index (χ4v) is 1.63. The van der Waals surface area contributed by atoms with Crippen LogP contribution >= 0.6 is 0 Å². The van der Waals surface area contributed by atoms with Crippen molar-refractivity contribution in [3.63, 3.8) is 0 Å². The lowest BCUT2D eigenvalue weighted by atomic mass is 9.97. The summed E-state index contributed by atoms with van der Waals surface area (Å²) >= 11 is 0. The fraction of sp³-hybridized carbons (Fsp3) is 0.462. The van der Waals surface area contributed by atoms with Gasteiger partial charge in [0.2, 0.25) is 5.60 Å². The zero-order valence-corrected chi connectivity index (χ0v) is 10.4. The highest BCUT2D eigenvalue weighted by Gasteiger charge is 2.37. The molecule has 0 amide bonds. The number of carbonyl (C=O) groups is 1. The van der Waals surface area contributed by atoms with Gasteiger partial charge >= 0.3 is 5.97 Å². The van der Waals surface area contributed by atoms with Gasteiger partial charge in [-0.05, 0) is 25.0 Å². The summed E-state index contributed by atoms with van der Waals surface area (Å²) in [5.41, 5.74) is -1.16. The number of rotatable bonds is 6. The molecule has 0 saturated carbocycles. The average Bonchev–Trinajstić information content (AvgIpc) is 2.36. The van der Waals surface area contributed by atoms with Crippen molar-refractivity contribution in [3.8, 4) is 11.5 Å². The van der Waals surface area contributed by atoms with E-state index in [2.05, 4.69) is 0 Å². The standard InChI is InChI=1S/C13H18O4/c1-4-13(5-2,12(14)15)17-11-8-6-7-10(9-11)16-3/h6-9H,4-5H2,1-3H3,(H,14,15). The Hall–Kier alpha value is -1.71. The zero-order valence-electron chi connectivity index (χ0n) is 10.4. The molecule has 0 bridgehead atoms. The maximum atomic E-state index is 11.3. The second-order valence-electron chi connectivity index (χ2n) is 3.79. The van der Waals surface area contributed by atoms with Crippen molar-refractivity contribution in [1.29, 1.82) is 0 Å². The highest BCUT2D eigenvalue weighted by atomic mass is 16.5. The number of carboxylic acid groups (broad SMARTS) is 1. The molecule has 4 heteroatoms. The molecule has 0 atom stereocenters. The summed E-state index contributed by atoms with van der Waals surface area (Å²) < 4.78 is 10.7. The lowest BCUT2D eigenvalue weighted by Crippen LogP contribution is -2.43. The summed E-state index contributed by atoms with van der Waals surface area (Å²) in [5.74, 6) is 0.217. The van der Waals surface area contributed by atoms with Gasteiger partial charge in [-0.1, -0.05) is 19.9 Å². The molecule has 17 heavy (non-hydrogen) atoms. The van der Waals surface area contributed by atoms with E-state index in [0.717, 1.165) is 0 Å². The van der Waals surface area contributed by atoms with Gasteiger partial charge in [0.25, 0.3) is 0 Å². The Labute approximate surface area is 101 Å². The number of hydrogen-bond acceptors (Lipinski definition) is 3. The van der Waals surface area contributed by atoms with Gasteiger partial charge in [0.1, 0.15) is 11.5 Å². The first kappa shape index (κ1) is 13.4. The molecule has 0 unspecified atom stereocenters. The molecule has 1 rings (SSSR count). The molecular formula is C13H18O4. The SMILES string of the molecule is CCC(CC)(Oc1cccc(OC)c1)C(=O)O. The number of ether oxygens (including phenoxy) is 2. The van der Waals surface area contributed by atoms with Crippen LogP contribution in [-0.4, -0.2) is 23.8 Å². The first-order chi connectivity index (χ1) is 8.07. The monoisotopic (exact) mass is 238 g/mol. The summed E-state index contributed by atoms with van der Waals surface area (Å²) in [6.07, 6.45) is 0.825. The van der Waals surface area contributed by atoms with Crippen LogP contribution in [-0.2, 0) is 4.79 Å². The third-order valence-electron chi connectivity index (χ3n) is 2.89. The van der Waals surface area contributed by atoms with Gasteiger partial charge in [-0.2, -0.15) is 0 Å². The van der Waals surface area contributed by atoms with E-state index in [-0.39, 0.29) is 0 Å². The maximum Gasteiger partial charge on any atom is 0.348 e. The number of carboxylic acids is 1. The van der Waals surface area contributed by atoms with Crippen LogP contribution in [0, 0.1) is 0 Å². The van der Waals surface area contributed by atoms with E-state index in [1.165, 1.54) is 0 Å². The Bertz CT molecular complexity index is 383. The Kier molecular flexibility index (Phi) is 4.37. The number of hydrogen-bond donors (Lipinski definition) is 1. The fourth-order valence-electron chi connectivity index (χ4n) is 1.63. The Morgan fingerprint density at radius 1 is 1.29 bits per heavy atom. The largest absolute Gasteiger partial charge is 0.497 e. The smallest absolute Gasteiger partial charge is 0.348 e. The Morgan fingerprint density at radius 2 is 1.88 bits per heavy atom. The van der Waals surface area contributed by atoms with Gasteiger partial charge in [0, 0.05) is 6.07 Å².